The minimum absolute atomic E-state index is 0.00558. The maximum absolute atomic E-state index is 13.0. The Morgan fingerprint density at radius 1 is 0.917 bits per heavy atom. The topological polar surface area (TPSA) is 126 Å². The molecular weight excluding hydrogens is 460 g/mol. The van der Waals surface area contributed by atoms with E-state index in [-0.39, 0.29) is 35.4 Å². The predicted molar refractivity (Wildman–Crippen MR) is 138 cm³/mol. The van der Waals surface area contributed by atoms with Gasteiger partial charge in [0.15, 0.2) is 23.0 Å². The van der Waals surface area contributed by atoms with E-state index in [0.29, 0.717) is 41.2 Å². The number of carbonyl (C=O) groups is 1. The van der Waals surface area contributed by atoms with E-state index in [1.54, 1.807) is 73.4 Å². The van der Waals surface area contributed by atoms with Gasteiger partial charge in [-0.25, -0.2) is 0 Å². The molecule has 2 aromatic carbocycles. The fraction of sp³-hybridized carbons (Fsp3) is 0.259. The number of phenols is 2. The van der Waals surface area contributed by atoms with E-state index in [0.717, 1.165) is 0 Å². The number of rotatable bonds is 8. The van der Waals surface area contributed by atoms with Gasteiger partial charge >= 0.3 is 0 Å². The number of aromatic hydroxyl groups is 2. The second-order valence-electron chi connectivity index (χ2n) is 8.39. The Labute approximate surface area is 209 Å². The molecule has 1 amide bonds. The van der Waals surface area contributed by atoms with Crippen LogP contribution in [0.2, 0.25) is 0 Å². The number of benzene rings is 2. The van der Waals surface area contributed by atoms with Gasteiger partial charge in [-0.3, -0.25) is 19.8 Å². The molecule has 4 rings (SSSR count). The average molecular weight is 489 g/mol. The van der Waals surface area contributed by atoms with E-state index in [1.165, 1.54) is 14.2 Å². The average Bonchev–Trinajstić information content (AvgIpc) is 3.31. The number of methoxy groups -OCH3 is 2. The fourth-order valence-electron chi connectivity index (χ4n) is 4.18. The Kier molecular flexibility index (Phi) is 7.79. The summed E-state index contributed by atoms with van der Waals surface area (Å²) in [6.45, 7) is 0. The zero-order chi connectivity index (χ0) is 25.5. The number of phenolic OH excluding ortho intramolecular Hbond substituents is 2. The van der Waals surface area contributed by atoms with Crippen LogP contribution in [0.3, 0.4) is 0 Å². The van der Waals surface area contributed by atoms with Gasteiger partial charge < -0.3 is 25.0 Å². The summed E-state index contributed by atoms with van der Waals surface area (Å²) in [6.07, 6.45) is 7.34. The molecule has 1 aromatic heterocycles. The predicted octanol–water partition coefficient (Wildman–Crippen LogP) is 3.83. The van der Waals surface area contributed by atoms with Crippen LogP contribution in [0.4, 0.5) is 5.69 Å². The number of hydrogen-bond donors (Lipinski definition) is 3. The highest BCUT2D eigenvalue weighted by Gasteiger charge is 2.37. The van der Waals surface area contributed by atoms with E-state index in [1.807, 2.05) is 0 Å². The summed E-state index contributed by atoms with van der Waals surface area (Å²) in [7, 11) is 2.97. The van der Waals surface area contributed by atoms with Gasteiger partial charge in [-0.05, 0) is 49.2 Å². The summed E-state index contributed by atoms with van der Waals surface area (Å²) < 4.78 is 10.3. The number of aromatic nitrogens is 1. The van der Waals surface area contributed by atoms with Crippen LogP contribution in [0.5, 0.6) is 23.0 Å². The smallest absolute Gasteiger partial charge is 0.227 e. The van der Waals surface area contributed by atoms with Gasteiger partial charge in [-0.15, -0.1) is 0 Å². The van der Waals surface area contributed by atoms with Gasteiger partial charge in [0.2, 0.25) is 5.91 Å². The molecule has 1 saturated carbocycles. The highest BCUT2D eigenvalue weighted by molar-refractivity contribution is 5.93. The first kappa shape index (κ1) is 24.7. The van der Waals surface area contributed by atoms with Crippen LogP contribution in [0, 0.1) is 5.92 Å². The third-order valence-corrected chi connectivity index (χ3v) is 6.11. The number of pyridine rings is 1. The van der Waals surface area contributed by atoms with Gasteiger partial charge in [0, 0.05) is 35.7 Å². The van der Waals surface area contributed by atoms with Crippen molar-refractivity contribution < 1.29 is 24.5 Å². The third-order valence-electron chi connectivity index (χ3n) is 6.11. The van der Waals surface area contributed by atoms with Crippen molar-refractivity contribution in [2.45, 2.75) is 24.9 Å². The molecule has 1 fully saturated rings. The summed E-state index contributed by atoms with van der Waals surface area (Å²) >= 11 is 0. The van der Waals surface area contributed by atoms with Crippen molar-refractivity contribution >= 4 is 24.0 Å². The maximum Gasteiger partial charge on any atom is 0.227 e. The third kappa shape index (κ3) is 5.63. The number of ether oxygens (including phenoxy) is 2. The highest BCUT2D eigenvalue weighted by Crippen LogP contribution is 2.34. The summed E-state index contributed by atoms with van der Waals surface area (Å²) in [5.74, 6) is 0.231. The molecule has 0 radical (unpaired) electrons. The van der Waals surface area contributed by atoms with E-state index >= 15 is 0 Å². The van der Waals surface area contributed by atoms with Crippen LogP contribution in [-0.2, 0) is 4.79 Å². The van der Waals surface area contributed by atoms with Crippen molar-refractivity contribution in [2.75, 3.05) is 19.5 Å². The number of hydrogen-bond acceptors (Lipinski definition) is 8. The van der Waals surface area contributed by atoms with Crippen molar-refractivity contribution in [3.8, 4) is 23.0 Å². The number of carbonyl (C=O) groups excluding carboxylic acids is 1. The second kappa shape index (κ2) is 11.4. The molecule has 1 unspecified atom stereocenters. The van der Waals surface area contributed by atoms with Gasteiger partial charge in [0.05, 0.1) is 38.2 Å². The Morgan fingerprint density at radius 2 is 1.47 bits per heavy atom. The number of amides is 1. The van der Waals surface area contributed by atoms with Crippen molar-refractivity contribution in [2.24, 2.45) is 15.9 Å². The molecule has 9 nitrogen and oxygen atoms in total. The van der Waals surface area contributed by atoms with Gasteiger partial charge in [0.1, 0.15) is 0 Å². The highest BCUT2D eigenvalue weighted by atomic mass is 16.5. The summed E-state index contributed by atoms with van der Waals surface area (Å²) in [6, 6.07) is 13.2. The lowest BCUT2D eigenvalue weighted by Crippen LogP contribution is -2.21. The molecule has 0 aliphatic heterocycles. The summed E-state index contributed by atoms with van der Waals surface area (Å²) in [5, 5.41) is 23.7. The molecule has 1 heterocycles. The fourth-order valence-corrected chi connectivity index (χ4v) is 4.18. The molecule has 36 heavy (non-hydrogen) atoms. The van der Waals surface area contributed by atoms with E-state index < -0.39 is 0 Å². The van der Waals surface area contributed by atoms with Crippen molar-refractivity contribution in [1.29, 1.82) is 0 Å². The molecule has 3 aromatic rings. The van der Waals surface area contributed by atoms with Crippen LogP contribution >= 0.6 is 0 Å². The molecule has 3 atom stereocenters. The number of para-hydroxylation sites is 2. The van der Waals surface area contributed by atoms with Gasteiger partial charge in [0.25, 0.3) is 0 Å². The number of anilines is 1. The maximum atomic E-state index is 13.0. The van der Waals surface area contributed by atoms with Crippen LogP contribution < -0.4 is 14.8 Å². The summed E-state index contributed by atoms with van der Waals surface area (Å²) in [5.41, 5.74) is 1.63. The van der Waals surface area contributed by atoms with Crippen LogP contribution in [0.25, 0.3) is 0 Å². The molecule has 3 N–H and O–H groups in total. The number of nitrogens with zero attached hydrogens (tertiary/aromatic N) is 3. The molecule has 9 heteroatoms. The Bertz CT molecular complexity index is 1190. The molecule has 1 aliphatic rings. The lowest BCUT2D eigenvalue weighted by molar-refractivity contribution is -0.119. The Morgan fingerprint density at radius 3 is 1.94 bits per heavy atom. The quantitative estimate of drug-likeness (QED) is 0.414. The number of aliphatic imine (C=N–C) groups is 2. The van der Waals surface area contributed by atoms with Gasteiger partial charge in [-0.2, -0.15) is 0 Å². The Balaban J connectivity index is 1.58. The first-order valence-electron chi connectivity index (χ1n) is 11.5. The van der Waals surface area contributed by atoms with Crippen LogP contribution in [0.15, 0.2) is 70.9 Å². The monoisotopic (exact) mass is 488 g/mol. The number of nitrogens with one attached hydrogen (secondary N) is 1. The van der Waals surface area contributed by atoms with E-state index in [4.69, 9.17) is 9.47 Å². The first-order chi connectivity index (χ1) is 17.5. The zero-order valence-electron chi connectivity index (χ0n) is 20.0. The largest absolute Gasteiger partial charge is 0.504 e. The minimum atomic E-state index is -0.327. The Hall–Kier alpha value is -4.40. The lowest BCUT2D eigenvalue weighted by atomic mass is 10.1. The zero-order valence-corrected chi connectivity index (χ0v) is 20.0. The molecule has 1 aliphatic carbocycles. The second-order valence-corrected chi connectivity index (χ2v) is 8.39. The molecule has 0 spiro atoms. The standard InChI is InChI=1S/C27H28N4O5/c1-35-23-9-3-6-17(25(23)32)14-29-21-12-19(27(34)31-20-8-5-11-28-16-20)13-22(21)30-15-18-7-4-10-24(36-2)26(18)33/h3-11,14-16,19,21-22,32-33H,12-13H2,1-2H3,(H,31,34)/t19?,21-,22+. The van der Waals surface area contributed by atoms with Crippen molar-refractivity contribution in [3.63, 3.8) is 0 Å². The molecule has 0 saturated heterocycles. The molecule has 0 bridgehead atoms. The van der Waals surface area contributed by atoms with E-state index in [2.05, 4.69) is 20.3 Å². The minimum Gasteiger partial charge on any atom is -0.504 e. The van der Waals surface area contributed by atoms with Crippen molar-refractivity contribution in [1.82, 2.24) is 4.98 Å². The van der Waals surface area contributed by atoms with Crippen molar-refractivity contribution in [3.05, 3.63) is 72.1 Å². The first-order valence-corrected chi connectivity index (χ1v) is 11.5. The normalized spacial score (nSPS) is 19.6. The van der Waals surface area contributed by atoms with Crippen LogP contribution in [-0.4, -0.2) is 59.8 Å². The summed E-state index contributed by atoms with van der Waals surface area (Å²) in [4.78, 5) is 26.4. The molecule has 186 valence electrons. The van der Waals surface area contributed by atoms with Crippen LogP contribution in [0.1, 0.15) is 24.0 Å². The lowest BCUT2D eigenvalue weighted by Gasteiger charge is -2.12. The molecular formula is C27H28N4O5. The van der Waals surface area contributed by atoms with E-state index in [9.17, 15) is 15.0 Å². The van der Waals surface area contributed by atoms with Gasteiger partial charge in [-0.1, -0.05) is 12.1 Å². The SMILES string of the molecule is COc1cccc(C=N[C@H]2CC(C(=O)Nc3cccnc3)C[C@H]2N=Cc2cccc(OC)c2O)c1O.